The van der Waals surface area contributed by atoms with Crippen LogP contribution in [-0.2, 0) is 13.0 Å². The van der Waals surface area contributed by atoms with Crippen LogP contribution in [0.1, 0.15) is 44.0 Å². The molecule has 1 fully saturated rings. The molecule has 2 heterocycles. The second-order valence-corrected chi connectivity index (χ2v) is 7.09. The number of hydrogen-bond donors (Lipinski definition) is 1. The minimum atomic E-state index is -0.750. The van der Waals surface area contributed by atoms with E-state index in [-0.39, 0.29) is 5.82 Å². The number of hydrogen-bond acceptors (Lipinski definition) is 4. The van der Waals surface area contributed by atoms with Gasteiger partial charge in [0.05, 0.1) is 17.5 Å². The van der Waals surface area contributed by atoms with E-state index in [0.29, 0.717) is 25.3 Å². The van der Waals surface area contributed by atoms with Gasteiger partial charge in [-0.25, -0.2) is 9.07 Å². The number of rotatable bonds is 5. The molecule has 1 saturated heterocycles. The highest BCUT2D eigenvalue weighted by Crippen LogP contribution is 2.27. The second-order valence-electron chi connectivity index (χ2n) is 7.09. The Balaban J connectivity index is 1.54. The third-order valence-corrected chi connectivity index (χ3v) is 4.68. The van der Waals surface area contributed by atoms with Crippen LogP contribution in [-0.4, -0.2) is 43.7 Å². The number of likely N-dealkylation sites (tertiary alicyclic amines) is 1. The summed E-state index contributed by atoms with van der Waals surface area (Å²) < 4.78 is 15.2. The highest BCUT2D eigenvalue weighted by atomic mass is 19.1. The van der Waals surface area contributed by atoms with Gasteiger partial charge in [0, 0.05) is 32.1 Å². The Labute approximate surface area is 142 Å². The molecular formula is C18H25FN4O. The van der Waals surface area contributed by atoms with Crippen molar-refractivity contribution in [3.05, 3.63) is 47.5 Å². The summed E-state index contributed by atoms with van der Waals surface area (Å²) in [5, 5.41) is 19.1. The average Bonchev–Trinajstić information content (AvgIpc) is 2.98. The van der Waals surface area contributed by atoms with Crippen LogP contribution in [0.3, 0.4) is 0 Å². The topological polar surface area (TPSA) is 54.2 Å². The normalized spacial score (nSPS) is 18.2. The fourth-order valence-electron chi connectivity index (χ4n) is 3.20. The van der Waals surface area contributed by atoms with Gasteiger partial charge in [-0.3, -0.25) is 4.90 Å². The Bertz CT molecular complexity index is 677. The van der Waals surface area contributed by atoms with Gasteiger partial charge in [-0.2, -0.15) is 0 Å². The van der Waals surface area contributed by atoms with E-state index >= 15 is 0 Å². The van der Waals surface area contributed by atoms with Gasteiger partial charge in [-0.1, -0.05) is 17.3 Å². The minimum Gasteiger partial charge on any atom is -0.389 e. The Hall–Kier alpha value is -1.79. The van der Waals surface area contributed by atoms with E-state index in [4.69, 9.17) is 0 Å². The molecule has 0 amide bonds. The third-order valence-electron chi connectivity index (χ3n) is 4.68. The summed E-state index contributed by atoms with van der Waals surface area (Å²) in [6, 6.07) is 6.82. The smallest absolute Gasteiger partial charge is 0.123 e. The van der Waals surface area contributed by atoms with Crippen LogP contribution in [0.4, 0.5) is 4.39 Å². The van der Waals surface area contributed by atoms with E-state index in [1.165, 1.54) is 12.1 Å². The van der Waals surface area contributed by atoms with Crippen molar-refractivity contribution in [1.29, 1.82) is 0 Å². The largest absolute Gasteiger partial charge is 0.389 e. The number of benzene rings is 1. The second kappa shape index (κ2) is 6.99. The lowest BCUT2D eigenvalue weighted by Crippen LogP contribution is -2.45. The Kier molecular flexibility index (Phi) is 4.96. The summed E-state index contributed by atoms with van der Waals surface area (Å²) in [7, 11) is 0. The highest BCUT2D eigenvalue weighted by Gasteiger charge is 2.32. The molecule has 1 aliphatic rings. The summed E-state index contributed by atoms with van der Waals surface area (Å²) in [6.45, 7) is 6.52. The molecule has 1 aliphatic heterocycles. The van der Waals surface area contributed by atoms with E-state index in [2.05, 4.69) is 29.1 Å². The van der Waals surface area contributed by atoms with Crippen LogP contribution in [0.5, 0.6) is 0 Å². The van der Waals surface area contributed by atoms with Crippen LogP contribution in [0.15, 0.2) is 30.5 Å². The minimum absolute atomic E-state index is 0.248. The third kappa shape index (κ3) is 4.19. The maximum Gasteiger partial charge on any atom is 0.123 e. The molecule has 6 heteroatoms. The van der Waals surface area contributed by atoms with Gasteiger partial charge in [0.2, 0.25) is 0 Å². The molecule has 1 aromatic carbocycles. The van der Waals surface area contributed by atoms with Crippen LogP contribution in [0.25, 0.3) is 0 Å². The van der Waals surface area contributed by atoms with E-state index in [9.17, 15) is 9.50 Å². The van der Waals surface area contributed by atoms with Crippen molar-refractivity contribution in [2.45, 2.75) is 51.3 Å². The summed E-state index contributed by atoms with van der Waals surface area (Å²) >= 11 is 0. The monoisotopic (exact) mass is 332 g/mol. The van der Waals surface area contributed by atoms with Gasteiger partial charge in [0.25, 0.3) is 0 Å². The molecule has 1 aromatic heterocycles. The lowest BCUT2D eigenvalue weighted by molar-refractivity contribution is -0.0227. The number of aromatic nitrogens is 3. The predicted molar refractivity (Wildman–Crippen MR) is 90.0 cm³/mol. The fraction of sp³-hybridized carbons (Fsp3) is 0.556. The molecule has 0 unspecified atom stereocenters. The van der Waals surface area contributed by atoms with Crippen molar-refractivity contribution in [3.8, 4) is 0 Å². The molecular weight excluding hydrogens is 307 g/mol. The maximum absolute atomic E-state index is 13.3. The van der Waals surface area contributed by atoms with E-state index in [1.54, 1.807) is 6.07 Å². The molecule has 24 heavy (non-hydrogen) atoms. The first-order chi connectivity index (χ1) is 11.4. The first kappa shape index (κ1) is 17.0. The van der Waals surface area contributed by atoms with Gasteiger partial charge in [-0.05, 0) is 44.4 Å². The molecule has 5 nitrogen and oxygen atoms in total. The van der Waals surface area contributed by atoms with Crippen molar-refractivity contribution in [2.75, 3.05) is 13.1 Å². The number of nitrogens with zero attached hydrogens (tertiary/aromatic N) is 4. The summed E-state index contributed by atoms with van der Waals surface area (Å²) in [5.41, 5.74) is 1.06. The fourth-order valence-corrected chi connectivity index (χ4v) is 3.20. The first-order valence-electron chi connectivity index (χ1n) is 8.53. The molecule has 1 N–H and O–H groups in total. The zero-order valence-electron chi connectivity index (χ0n) is 14.3. The van der Waals surface area contributed by atoms with Crippen molar-refractivity contribution in [2.24, 2.45) is 0 Å². The SMILES string of the molecule is CC(C)n1cc(CN2CCC(O)(Cc3cccc(F)c3)CC2)nn1. The Morgan fingerprint density at radius 2 is 2.04 bits per heavy atom. The molecule has 0 bridgehead atoms. The molecule has 0 atom stereocenters. The van der Waals surface area contributed by atoms with Crippen LogP contribution < -0.4 is 0 Å². The zero-order valence-corrected chi connectivity index (χ0v) is 14.3. The number of aliphatic hydroxyl groups is 1. The van der Waals surface area contributed by atoms with Crippen LogP contribution in [0, 0.1) is 5.82 Å². The molecule has 0 radical (unpaired) electrons. The average molecular weight is 332 g/mol. The van der Waals surface area contributed by atoms with E-state index in [1.807, 2.05) is 16.9 Å². The van der Waals surface area contributed by atoms with Crippen molar-refractivity contribution < 1.29 is 9.50 Å². The van der Waals surface area contributed by atoms with Crippen LogP contribution in [0.2, 0.25) is 0 Å². The highest BCUT2D eigenvalue weighted by molar-refractivity contribution is 5.18. The van der Waals surface area contributed by atoms with Crippen molar-refractivity contribution >= 4 is 0 Å². The standard InChI is InChI=1S/C18H25FN4O/c1-14(2)23-13-17(20-21-23)12-22-8-6-18(24,7-9-22)11-15-4-3-5-16(19)10-15/h3-5,10,13-14,24H,6-9,11-12H2,1-2H3. The maximum atomic E-state index is 13.3. The van der Waals surface area contributed by atoms with Crippen molar-refractivity contribution in [1.82, 2.24) is 19.9 Å². The van der Waals surface area contributed by atoms with Gasteiger partial charge in [0.1, 0.15) is 5.82 Å². The molecule has 130 valence electrons. The summed E-state index contributed by atoms with van der Waals surface area (Å²) in [4.78, 5) is 2.29. The molecule has 0 aliphatic carbocycles. The summed E-state index contributed by atoms with van der Waals surface area (Å²) in [6.07, 6.45) is 3.85. The number of piperidine rings is 1. The van der Waals surface area contributed by atoms with Gasteiger partial charge < -0.3 is 5.11 Å². The van der Waals surface area contributed by atoms with Gasteiger partial charge in [-0.15, -0.1) is 5.10 Å². The lowest BCUT2D eigenvalue weighted by atomic mass is 9.85. The van der Waals surface area contributed by atoms with Gasteiger partial charge in [0.15, 0.2) is 0 Å². The van der Waals surface area contributed by atoms with Crippen LogP contribution >= 0.6 is 0 Å². The molecule has 0 spiro atoms. The zero-order chi connectivity index (χ0) is 17.2. The van der Waals surface area contributed by atoms with E-state index in [0.717, 1.165) is 30.9 Å². The molecule has 0 saturated carbocycles. The summed E-state index contributed by atoms with van der Waals surface area (Å²) in [5.74, 6) is -0.248. The Morgan fingerprint density at radius 3 is 2.67 bits per heavy atom. The van der Waals surface area contributed by atoms with E-state index < -0.39 is 5.60 Å². The first-order valence-corrected chi connectivity index (χ1v) is 8.53. The van der Waals surface area contributed by atoms with Gasteiger partial charge >= 0.3 is 0 Å². The van der Waals surface area contributed by atoms with Crippen molar-refractivity contribution in [3.63, 3.8) is 0 Å². The number of halogens is 1. The predicted octanol–water partition coefficient (Wildman–Crippen LogP) is 2.57. The molecule has 2 aromatic rings. The Morgan fingerprint density at radius 1 is 1.29 bits per heavy atom. The lowest BCUT2D eigenvalue weighted by Gasteiger charge is -2.38. The quantitative estimate of drug-likeness (QED) is 0.914. The molecule has 3 rings (SSSR count).